The van der Waals surface area contributed by atoms with Crippen LogP contribution in [0, 0.1) is 11.8 Å². The molecule has 3 unspecified atom stereocenters. The van der Waals surface area contributed by atoms with Crippen molar-refractivity contribution in [3.63, 3.8) is 0 Å². The van der Waals surface area contributed by atoms with Gasteiger partial charge in [-0.3, -0.25) is 37.3 Å². The second-order valence-corrected chi connectivity index (χ2v) is 33.5. The van der Waals surface area contributed by atoms with Gasteiger partial charge in [-0.05, 0) is 37.5 Å². The zero-order valence-corrected chi connectivity index (χ0v) is 68.7. The van der Waals surface area contributed by atoms with E-state index in [0.29, 0.717) is 25.7 Å². The quantitative estimate of drug-likeness (QED) is 0.0222. The summed E-state index contributed by atoms with van der Waals surface area (Å²) >= 11 is 0. The zero-order chi connectivity index (χ0) is 74.9. The van der Waals surface area contributed by atoms with Crippen LogP contribution in [-0.4, -0.2) is 96.7 Å². The lowest BCUT2D eigenvalue weighted by molar-refractivity contribution is -0.161. The molecule has 6 atom stereocenters. The van der Waals surface area contributed by atoms with Crippen LogP contribution in [0.15, 0.2) is 0 Å². The number of esters is 4. The first kappa shape index (κ1) is 100. The molecule has 17 nitrogen and oxygen atoms in total. The summed E-state index contributed by atoms with van der Waals surface area (Å²) < 4.78 is 68.8. The third-order valence-electron chi connectivity index (χ3n) is 19.8. The molecule has 606 valence electrons. The van der Waals surface area contributed by atoms with Crippen molar-refractivity contribution >= 4 is 39.5 Å². The Morgan fingerprint density at radius 1 is 0.284 bits per heavy atom. The minimum absolute atomic E-state index is 0.107. The molecule has 0 aliphatic heterocycles. The van der Waals surface area contributed by atoms with E-state index in [4.69, 9.17) is 37.0 Å². The van der Waals surface area contributed by atoms with E-state index in [1.54, 1.807) is 0 Å². The monoisotopic (exact) mass is 1490 g/mol. The first-order valence-corrected chi connectivity index (χ1v) is 46.0. The van der Waals surface area contributed by atoms with Crippen LogP contribution >= 0.6 is 15.6 Å². The van der Waals surface area contributed by atoms with E-state index in [9.17, 15) is 43.2 Å². The van der Waals surface area contributed by atoms with Crippen molar-refractivity contribution < 1.29 is 80.2 Å². The normalized spacial score (nSPS) is 14.1. The van der Waals surface area contributed by atoms with Gasteiger partial charge in [-0.1, -0.05) is 388 Å². The molecule has 0 rings (SSSR count). The standard InChI is InChI=1S/C83H162O17P2/c1-7-10-12-14-16-18-20-22-24-31-34-38-42-46-53-59-65-80(85)93-71-78(99-82(87)67-62-56-48-44-40-36-32-28-26-25-27-30-33-37-41-45-51-57-63-75(4)5)73-97-101(89,90)95-69-77(84)70-96-102(91,92)98-74-79(72-94-81(86)66-60-54-50-49-52-58-64-76(6)9-3)100-83(88)68-61-55-47-43-39-35-29-23-21-19-17-15-13-11-8-2/h75-79,84H,7-74H2,1-6H3,(H,89,90)(H,91,92)/t76?,77-,78-,79-/m1/s1. The highest BCUT2D eigenvalue weighted by Crippen LogP contribution is 2.45. The van der Waals surface area contributed by atoms with E-state index in [-0.39, 0.29) is 25.7 Å². The van der Waals surface area contributed by atoms with Crippen LogP contribution in [0.3, 0.4) is 0 Å². The summed E-state index contributed by atoms with van der Waals surface area (Å²) in [5.41, 5.74) is 0. The molecular weight excluding hydrogens is 1330 g/mol. The predicted molar refractivity (Wildman–Crippen MR) is 418 cm³/mol. The molecule has 0 saturated heterocycles. The molecule has 3 N–H and O–H groups in total. The Balaban J connectivity index is 5.23. The number of carbonyl (C=O) groups excluding carboxylic acids is 4. The van der Waals surface area contributed by atoms with Crippen LogP contribution in [0.5, 0.6) is 0 Å². The molecular formula is C83H162O17P2. The topological polar surface area (TPSA) is 237 Å². The van der Waals surface area contributed by atoms with Crippen molar-refractivity contribution in [2.24, 2.45) is 11.8 Å². The number of hydrogen-bond acceptors (Lipinski definition) is 15. The van der Waals surface area contributed by atoms with Crippen LogP contribution in [0.4, 0.5) is 0 Å². The summed E-state index contributed by atoms with van der Waals surface area (Å²) in [6, 6.07) is 0. The maximum absolute atomic E-state index is 13.1. The average Bonchev–Trinajstić information content (AvgIpc) is 0.924. The fraction of sp³-hybridized carbons (Fsp3) is 0.952. The number of rotatable bonds is 82. The molecule has 19 heteroatoms. The fourth-order valence-corrected chi connectivity index (χ4v) is 14.4. The number of hydrogen-bond donors (Lipinski definition) is 3. The lowest BCUT2D eigenvalue weighted by Crippen LogP contribution is -2.30. The second-order valence-electron chi connectivity index (χ2n) is 30.6. The number of carbonyl (C=O) groups is 4. The molecule has 0 fully saturated rings. The molecule has 0 aromatic rings. The fourth-order valence-electron chi connectivity index (χ4n) is 12.9. The van der Waals surface area contributed by atoms with Crippen molar-refractivity contribution in [3.8, 4) is 0 Å². The number of ether oxygens (including phenoxy) is 4. The minimum Gasteiger partial charge on any atom is -0.462 e. The Labute approximate surface area is 626 Å². The molecule has 0 amide bonds. The van der Waals surface area contributed by atoms with Crippen molar-refractivity contribution in [3.05, 3.63) is 0 Å². The van der Waals surface area contributed by atoms with Crippen molar-refractivity contribution in [1.82, 2.24) is 0 Å². The van der Waals surface area contributed by atoms with Gasteiger partial charge in [0.05, 0.1) is 26.4 Å². The molecule has 102 heavy (non-hydrogen) atoms. The van der Waals surface area contributed by atoms with Crippen LogP contribution in [-0.2, 0) is 65.4 Å². The van der Waals surface area contributed by atoms with Gasteiger partial charge in [0, 0.05) is 25.7 Å². The van der Waals surface area contributed by atoms with Gasteiger partial charge in [-0.25, -0.2) is 9.13 Å². The van der Waals surface area contributed by atoms with E-state index < -0.39 is 97.5 Å². The summed E-state index contributed by atoms with van der Waals surface area (Å²) in [6.07, 6.45) is 65.2. The number of unbranched alkanes of at least 4 members (excludes halogenated alkanes) is 51. The largest absolute Gasteiger partial charge is 0.472 e. The number of aliphatic hydroxyl groups excluding tert-OH is 1. The van der Waals surface area contributed by atoms with Gasteiger partial charge in [0.15, 0.2) is 12.2 Å². The van der Waals surface area contributed by atoms with Crippen LogP contribution in [0.25, 0.3) is 0 Å². The molecule has 0 aliphatic carbocycles. The van der Waals surface area contributed by atoms with Gasteiger partial charge >= 0.3 is 39.5 Å². The third kappa shape index (κ3) is 74.9. The molecule has 0 saturated carbocycles. The van der Waals surface area contributed by atoms with Gasteiger partial charge < -0.3 is 33.8 Å². The minimum atomic E-state index is -4.96. The van der Waals surface area contributed by atoms with Gasteiger partial charge in [0.1, 0.15) is 19.3 Å². The van der Waals surface area contributed by atoms with E-state index in [0.717, 1.165) is 108 Å². The molecule has 0 bridgehead atoms. The van der Waals surface area contributed by atoms with Crippen molar-refractivity contribution in [2.75, 3.05) is 39.6 Å². The summed E-state index contributed by atoms with van der Waals surface area (Å²) in [6.45, 7) is 9.65. The molecule has 0 aromatic carbocycles. The Kier molecular flexibility index (Phi) is 73.1. The predicted octanol–water partition coefficient (Wildman–Crippen LogP) is 25.1. The van der Waals surface area contributed by atoms with Crippen molar-refractivity contribution in [2.45, 2.75) is 458 Å². The highest BCUT2D eigenvalue weighted by atomic mass is 31.2. The summed E-state index contributed by atoms with van der Waals surface area (Å²) in [4.78, 5) is 73.1. The smallest absolute Gasteiger partial charge is 0.462 e. The highest BCUT2D eigenvalue weighted by Gasteiger charge is 2.30. The van der Waals surface area contributed by atoms with Gasteiger partial charge in [0.2, 0.25) is 0 Å². The molecule has 0 heterocycles. The van der Waals surface area contributed by atoms with E-state index in [1.807, 2.05) is 0 Å². The SMILES string of the molecule is CCCCCCCCCCCCCCCCCCC(=O)OC[C@H](COP(=O)(O)OC[C@@H](O)COP(=O)(O)OC[C@@H](COC(=O)CCCCCCCCC(C)CC)OC(=O)CCCCCCCCCCCCCCCCC)OC(=O)CCCCCCCCCCCCCCCCCCCCC(C)C. The summed E-state index contributed by atoms with van der Waals surface area (Å²) in [7, 11) is -9.92. The van der Waals surface area contributed by atoms with Gasteiger partial charge in [-0.15, -0.1) is 0 Å². The van der Waals surface area contributed by atoms with Gasteiger partial charge in [-0.2, -0.15) is 0 Å². The number of phosphoric ester groups is 2. The van der Waals surface area contributed by atoms with Crippen LogP contribution in [0.1, 0.15) is 440 Å². The molecule has 0 aromatic heterocycles. The molecule has 0 radical (unpaired) electrons. The van der Waals surface area contributed by atoms with Crippen molar-refractivity contribution in [1.29, 1.82) is 0 Å². The Hall–Kier alpha value is -1.94. The third-order valence-corrected chi connectivity index (χ3v) is 21.7. The number of aliphatic hydroxyl groups is 1. The molecule has 0 spiro atoms. The Bertz CT molecular complexity index is 1960. The number of phosphoric acid groups is 2. The average molecular weight is 1490 g/mol. The maximum atomic E-state index is 13.1. The van der Waals surface area contributed by atoms with E-state index in [2.05, 4.69) is 41.5 Å². The first-order valence-electron chi connectivity index (χ1n) is 43.0. The second kappa shape index (κ2) is 74.5. The first-order chi connectivity index (χ1) is 49.4. The lowest BCUT2D eigenvalue weighted by atomic mass is 10.00. The van der Waals surface area contributed by atoms with E-state index in [1.165, 1.54) is 250 Å². The summed E-state index contributed by atoms with van der Waals surface area (Å²) in [5, 5.41) is 10.7. The van der Waals surface area contributed by atoms with Crippen LogP contribution < -0.4 is 0 Å². The van der Waals surface area contributed by atoms with E-state index >= 15 is 0 Å². The Morgan fingerprint density at radius 2 is 0.500 bits per heavy atom. The highest BCUT2D eigenvalue weighted by molar-refractivity contribution is 7.47. The lowest BCUT2D eigenvalue weighted by Gasteiger charge is -2.21. The Morgan fingerprint density at radius 3 is 0.745 bits per heavy atom. The summed E-state index contributed by atoms with van der Waals surface area (Å²) in [5.74, 6) is -0.554. The van der Waals surface area contributed by atoms with Gasteiger partial charge in [0.25, 0.3) is 0 Å². The van der Waals surface area contributed by atoms with Crippen LogP contribution in [0.2, 0.25) is 0 Å². The maximum Gasteiger partial charge on any atom is 0.472 e. The molecule has 0 aliphatic rings. The zero-order valence-electron chi connectivity index (χ0n) is 66.9.